The van der Waals surface area contributed by atoms with Crippen molar-refractivity contribution in [1.82, 2.24) is 10.6 Å². The van der Waals surface area contributed by atoms with Crippen LogP contribution in [0.3, 0.4) is 0 Å². The molecule has 0 amide bonds. The van der Waals surface area contributed by atoms with Crippen LogP contribution in [-0.4, -0.2) is 54.6 Å². The Morgan fingerprint density at radius 2 is 1.62 bits per heavy atom. The molecule has 0 bridgehead atoms. The smallest absolute Gasteiger partial charge is 0.191 e. The first-order valence-electron chi connectivity index (χ1n) is 7.42. The molecule has 2 N–H and O–H groups in total. The number of methoxy groups -OCH3 is 4. The highest BCUT2D eigenvalue weighted by Crippen LogP contribution is 2.33. The Morgan fingerprint density at radius 1 is 1.00 bits per heavy atom. The standard InChI is InChI=1S/C16H27N3O4.HI/c1-17-16(18-7-6-8-20-2)19-11-13-14(22-4)9-12(21-3)10-15(13)23-5;/h9-10H,6-8,11H2,1-5H3,(H2,17,18,19);1H. The molecule has 0 spiro atoms. The zero-order valence-corrected chi connectivity index (χ0v) is 17.3. The largest absolute Gasteiger partial charge is 0.496 e. The number of hydrogen-bond donors (Lipinski definition) is 2. The Balaban J connectivity index is 0.00000529. The number of nitrogens with one attached hydrogen (secondary N) is 2. The first-order chi connectivity index (χ1) is 11.2. The number of nitrogens with zero attached hydrogens (tertiary/aromatic N) is 1. The Labute approximate surface area is 161 Å². The molecule has 138 valence electrons. The summed E-state index contributed by atoms with van der Waals surface area (Å²) < 4.78 is 21.1. The third-order valence-corrected chi connectivity index (χ3v) is 3.29. The molecule has 0 aliphatic carbocycles. The van der Waals surface area contributed by atoms with Gasteiger partial charge in [-0.25, -0.2) is 0 Å². The van der Waals surface area contributed by atoms with Crippen molar-refractivity contribution in [2.75, 3.05) is 48.6 Å². The molecule has 7 nitrogen and oxygen atoms in total. The summed E-state index contributed by atoms with van der Waals surface area (Å²) in [5.41, 5.74) is 0.899. The molecule has 0 unspecified atom stereocenters. The predicted molar refractivity (Wildman–Crippen MR) is 106 cm³/mol. The molecule has 0 radical (unpaired) electrons. The summed E-state index contributed by atoms with van der Waals surface area (Å²) in [7, 11) is 8.27. The fraction of sp³-hybridized carbons (Fsp3) is 0.562. The minimum Gasteiger partial charge on any atom is -0.496 e. The second-order valence-corrected chi connectivity index (χ2v) is 4.71. The lowest BCUT2D eigenvalue weighted by atomic mass is 10.1. The number of benzene rings is 1. The van der Waals surface area contributed by atoms with Gasteiger partial charge in [0.2, 0.25) is 0 Å². The molecule has 0 atom stereocenters. The van der Waals surface area contributed by atoms with Crippen LogP contribution in [0.25, 0.3) is 0 Å². The maximum atomic E-state index is 5.43. The molecule has 1 rings (SSSR count). The van der Waals surface area contributed by atoms with Gasteiger partial charge in [0, 0.05) is 39.4 Å². The Bertz CT molecular complexity index is 487. The van der Waals surface area contributed by atoms with Gasteiger partial charge in [0.05, 0.1) is 33.4 Å². The Kier molecular flexibility index (Phi) is 12.2. The van der Waals surface area contributed by atoms with E-state index in [4.69, 9.17) is 18.9 Å². The SMILES string of the molecule is CN=C(NCCCOC)NCc1c(OC)cc(OC)cc1OC.I. The summed E-state index contributed by atoms with van der Waals surface area (Å²) >= 11 is 0. The van der Waals surface area contributed by atoms with Crippen LogP contribution in [0, 0.1) is 0 Å². The second-order valence-electron chi connectivity index (χ2n) is 4.71. The van der Waals surface area contributed by atoms with Crippen molar-refractivity contribution in [3.8, 4) is 17.2 Å². The van der Waals surface area contributed by atoms with E-state index in [0.717, 1.165) is 18.5 Å². The number of halogens is 1. The molecule has 0 aliphatic heterocycles. The average Bonchev–Trinajstić information content (AvgIpc) is 2.60. The first kappa shape index (κ1) is 22.6. The third kappa shape index (κ3) is 7.00. The Morgan fingerprint density at radius 3 is 2.08 bits per heavy atom. The van der Waals surface area contributed by atoms with Crippen molar-refractivity contribution in [1.29, 1.82) is 0 Å². The van der Waals surface area contributed by atoms with Gasteiger partial charge >= 0.3 is 0 Å². The molecule has 0 heterocycles. The Hall–Kier alpha value is -1.42. The van der Waals surface area contributed by atoms with E-state index in [2.05, 4.69) is 15.6 Å². The summed E-state index contributed by atoms with van der Waals surface area (Å²) in [5.74, 6) is 2.79. The number of rotatable bonds is 9. The molecule has 0 saturated heterocycles. The molecule has 1 aromatic carbocycles. The molecule has 8 heteroatoms. The van der Waals surface area contributed by atoms with Crippen molar-refractivity contribution in [3.05, 3.63) is 17.7 Å². The van der Waals surface area contributed by atoms with Gasteiger partial charge < -0.3 is 29.6 Å². The minimum atomic E-state index is 0. The van der Waals surface area contributed by atoms with Crippen LogP contribution in [-0.2, 0) is 11.3 Å². The monoisotopic (exact) mass is 453 g/mol. The van der Waals surface area contributed by atoms with E-state index >= 15 is 0 Å². The highest BCUT2D eigenvalue weighted by molar-refractivity contribution is 14.0. The van der Waals surface area contributed by atoms with Crippen LogP contribution in [0.2, 0.25) is 0 Å². The fourth-order valence-electron chi connectivity index (χ4n) is 2.07. The molecule has 0 saturated carbocycles. The zero-order chi connectivity index (χ0) is 17.1. The summed E-state index contributed by atoms with van der Waals surface area (Å²) in [6.07, 6.45) is 0.909. The fourth-order valence-corrected chi connectivity index (χ4v) is 2.07. The van der Waals surface area contributed by atoms with Gasteiger partial charge in [-0.3, -0.25) is 4.99 Å². The van der Waals surface area contributed by atoms with Crippen LogP contribution >= 0.6 is 24.0 Å². The third-order valence-electron chi connectivity index (χ3n) is 3.29. The van der Waals surface area contributed by atoms with E-state index in [-0.39, 0.29) is 24.0 Å². The van der Waals surface area contributed by atoms with Crippen molar-refractivity contribution in [2.45, 2.75) is 13.0 Å². The summed E-state index contributed by atoms with van der Waals surface area (Å²) in [4.78, 5) is 4.19. The van der Waals surface area contributed by atoms with Gasteiger partial charge in [0.15, 0.2) is 5.96 Å². The number of aliphatic imine (C=N–C) groups is 1. The number of guanidine groups is 1. The van der Waals surface area contributed by atoms with E-state index in [1.807, 2.05) is 12.1 Å². The van der Waals surface area contributed by atoms with E-state index in [1.165, 1.54) is 0 Å². The predicted octanol–water partition coefficient (Wildman–Crippen LogP) is 2.03. The van der Waals surface area contributed by atoms with Crippen molar-refractivity contribution in [2.24, 2.45) is 4.99 Å². The van der Waals surface area contributed by atoms with Gasteiger partial charge in [-0.05, 0) is 6.42 Å². The van der Waals surface area contributed by atoms with E-state index in [1.54, 1.807) is 35.5 Å². The molecule has 0 aliphatic rings. The molecule has 24 heavy (non-hydrogen) atoms. The second kappa shape index (κ2) is 12.9. The molecular formula is C16H28IN3O4. The summed E-state index contributed by atoms with van der Waals surface area (Å²) in [6, 6.07) is 3.66. The molecule has 1 aromatic rings. The maximum absolute atomic E-state index is 5.43. The van der Waals surface area contributed by atoms with Crippen molar-refractivity contribution < 1.29 is 18.9 Å². The molecule has 0 fully saturated rings. The van der Waals surface area contributed by atoms with Crippen molar-refractivity contribution >= 4 is 29.9 Å². The molecule has 0 aromatic heterocycles. The van der Waals surface area contributed by atoms with Crippen LogP contribution in [0.4, 0.5) is 0 Å². The highest BCUT2D eigenvalue weighted by Gasteiger charge is 2.13. The van der Waals surface area contributed by atoms with Gasteiger partial charge in [0.25, 0.3) is 0 Å². The number of ether oxygens (including phenoxy) is 4. The van der Waals surface area contributed by atoms with Gasteiger partial charge in [-0.1, -0.05) is 0 Å². The summed E-state index contributed by atoms with van der Waals surface area (Å²) in [5, 5.41) is 6.47. The maximum Gasteiger partial charge on any atom is 0.191 e. The normalized spacial score (nSPS) is 10.6. The zero-order valence-electron chi connectivity index (χ0n) is 15.0. The minimum absolute atomic E-state index is 0. The topological polar surface area (TPSA) is 73.3 Å². The van der Waals surface area contributed by atoms with Crippen LogP contribution in [0.15, 0.2) is 17.1 Å². The lowest BCUT2D eigenvalue weighted by Gasteiger charge is -2.17. The quantitative estimate of drug-likeness (QED) is 0.258. The van der Waals surface area contributed by atoms with E-state index in [9.17, 15) is 0 Å². The van der Waals surface area contributed by atoms with E-state index < -0.39 is 0 Å². The van der Waals surface area contributed by atoms with Gasteiger partial charge in [-0.2, -0.15) is 0 Å². The lowest BCUT2D eigenvalue weighted by Crippen LogP contribution is -2.37. The van der Waals surface area contributed by atoms with Gasteiger partial charge in [-0.15, -0.1) is 24.0 Å². The van der Waals surface area contributed by atoms with Crippen LogP contribution in [0.1, 0.15) is 12.0 Å². The van der Waals surface area contributed by atoms with Crippen LogP contribution in [0.5, 0.6) is 17.2 Å². The molecular weight excluding hydrogens is 425 g/mol. The van der Waals surface area contributed by atoms with E-state index in [0.29, 0.717) is 36.4 Å². The first-order valence-corrected chi connectivity index (χ1v) is 7.42. The lowest BCUT2D eigenvalue weighted by molar-refractivity contribution is 0.195. The van der Waals surface area contributed by atoms with Crippen molar-refractivity contribution in [3.63, 3.8) is 0 Å². The van der Waals surface area contributed by atoms with Crippen LogP contribution < -0.4 is 24.8 Å². The number of hydrogen-bond acceptors (Lipinski definition) is 5. The highest BCUT2D eigenvalue weighted by atomic mass is 127. The summed E-state index contributed by atoms with van der Waals surface area (Å²) in [6.45, 7) is 2.01. The average molecular weight is 453 g/mol. The van der Waals surface area contributed by atoms with Gasteiger partial charge in [0.1, 0.15) is 17.2 Å².